The Hall–Kier alpha value is -1.39. The first-order chi connectivity index (χ1) is 7.65. The Morgan fingerprint density at radius 2 is 2.06 bits per heavy atom. The molecule has 0 radical (unpaired) electrons. The maximum atomic E-state index is 12.3. The van der Waals surface area contributed by atoms with Gasteiger partial charge in [-0.1, -0.05) is 13.8 Å². The SMILES string of the molecule is CCC1(CC)C(=O)NC2=NCCCN2C1=O. The van der Waals surface area contributed by atoms with Gasteiger partial charge in [0, 0.05) is 13.1 Å². The normalized spacial score (nSPS) is 23.6. The third-order valence-electron chi connectivity index (χ3n) is 3.58. The lowest BCUT2D eigenvalue weighted by molar-refractivity contribution is -0.151. The number of nitrogens with one attached hydrogen (secondary N) is 1. The van der Waals surface area contributed by atoms with E-state index in [1.54, 1.807) is 4.90 Å². The summed E-state index contributed by atoms with van der Waals surface area (Å²) in [6, 6.07) is 0. The summed E-state index contributed by atoms with van der Waals surface area (Å²) in [5.41, 5.74) is -0.879. The molecular formula is C11H17N3O2. The Labute approximate surface area is 94.9 Å². The maximum Gasteiger partial charge on any atom is 0.244 e. The zero-order valence-corrected chi connectivity index (χ0v) is 9.75. The first-order valence-electron chi connectivity index (χ1n) is 5.83. The Balaban J connectivity index is 2.38. The van der Waals surface area contributed by atoms with Crippen LogP contribution in [0.1, 0.15) is 33.1 Å². The molecule has 0 bridgehead atoms. The monoisotopic (exact) mass is 223 g/mol. The van der Waals surface area contributed by atoms with Gasteiger partial charge < -0.3 is 0 Å². The van der Waals surface area contributed by atoms with E-state index in [2.05, 4.69) is 10.3 Å². The van der Waals surface area contributed by atoms with E-state index in [1.165, 1.54) is 0 Å². The Kier molecular flexibility index (Phi) is 2.69. The average molecular weight is 223 g/mol. The largest absolute Gasteiger partial charge is 0.295 e. The Bertz CT molecular complexity index is 358. The summed E-state index contributed by atoms with van der Waals surface area (Å²) in [4.78, 5) is 30.1. The van der Waals surface area contributed by atoms with Crippen LogP contribution in [0.4, 0.5) is 0 Å². The number of fused-ring (bicyclic) bond motifs is 1. The number of carbonyl (C=O) groups is 2. The van der Waals surface area contributed by atoms with Gasteiger partial charge in [0.05, 0.1) is 0 Å². The molecule has 0 unspecified atom stereocenters. The van der Waals surface area contributed by atoms with Gasteiger partial charge in [0.25, 0.3) is 0 Å². The molecule has 1 saturated heterocycles. The van der Waals surface area contributed by atoms with Crippen molar-refractivity contribution in [2.24, 2.45) is 10.4 Å². The van der Waals surface area contributed by atoms with Crippen LogP contribution in [0.25, 0.3) is 0 Å². The number of amides is 2. The molecule has 0 atom stereocenters. The van der Waals surface area contributed by atoms with Gasteiger partial charge in [-0.15, -0.1) is 0 Å². The van der Waals surface area contributed by atoms with Crippen LogP contribution in [0.2, 0.25) is 0 Å². The van der Waals surface area contributed by atoms with Gasteiger partial charge in [0.2, 0.25) is 17.8 Å². The average Bonchev–Trinajstić information content (AvgIpc) is 2.31. The number of rotatable bonds is 2. The van der Waals surface area contributed by atoms with E-state index in [0.717, 1.165) is 6.42 Å². The third kappa shape index (κ3) is 1.34. The van der Waals surface area contributed by atoms with E-state index in [4.69, 9.17) is 0 Å². The van der Waals surface area contributed by atoms with Crippen molar-refractivity contribution in [1.82, 2.24) is 10.2 Å². The molecule has 2 aliphatic heterocycles. The predicted octanol–water partition coefficient (Wildman–Crippen LogP) is 0.511. The summed E-state index contributed by atoms with van der Waals surface area (Å²) in [7, 11) is 0. The molecule has 2 amide bonds. The summed E-state index contributed by atoms with van der Waals surface area (Å²) in [6.45, 7) is 5.12. The molecule has 0 aliphatic carbocycles. The molecule has 88 valence electrons. The second-order valence-electron chi connectivity index (χ2n) is 4.26. The number of hydrogen-bond acceptors (Lipinski definition) is 3. The minimum absolute atomic E-state index is 0.0836. The lowest BCUT2D eigenvalue weighted by atomic mass is 9.78. The zero-order valence-electron chi connectivity index (χ0n) is 9.75. The smallest absolute Gasteiger partial charge is 0.244 e. The van der Waals surface area contributed by atoms with E-state index in [0.29, 0.717) is 31.9 Å². The highest BCUT2D eigenvalue weighted by Crippen LogP contribution is 2.32. The fourth-order valence-electron chi connectivity index (χ4n) is 2.36. The fraction of sp³-hybridized carbons (Fsp3) is 0.727. The lowest BCUT2D eigenvalue weighted by Crippen LogP contribution is -2.65. The Morgan fingerprint density at radius 1 is 1.38 bits per heavy atom. The van der Waals surface area contributed by atoms with Crippen LogP contribution < -0.4 is 5.32 Å². The second kappa shape index (κ2) is 3.88. The van der Waals surface area contributed by atoms with Crippen molar-refractivity contribution in [3.05, 3.63) is 0 Å². The molecule has 0 aromatic rings. The molecule has 0 saturated carbocycles. The summed E-state index contributed by atoms with van der Waals surface area (Å²) >= 11 is 0. The second-order valence-corrected chi connectivity index (χ2v) is 4.26. The molecule has 5 nitrogen and oxygen atoms in total. The van der Waals surface area contributed by atoms with Gasteiger partial charge in [-0.25, -0.2) is 0 Å². The van der Waals surface area contributed by atoms with Crippen molar-refractivity contribution in [3.63, 3.8) is 0 Å². The molecule has 2 rings (SSSR count). The first-order valence-corrected chi connectivity index (χ1v) is 5.83. The molecule has 1 fully saturated rings. The maximum absolute atomic E-state index is 12.3. The number of hydrogen-bond donors (Lipinski definition) is 1. The van der Waals surface area contributed by atoms with Crippen LogP contribution in [0.5, 0.6) is 0 Å². The van der Waals surface area contributed by atoms with Crippen LogP contribution in [-0.2, 0) is 9.59 Å². The predicted molar refractivity (Wildman–Crippen MR) is 59.8 cm³/mol. The molecule has 0 spiro atoms. The van der Waals surface area contributed by atoms with Crippen LogP contribution in [0.3, 0.4) is 0 Å². The van der Waals surface area contributed by atoms with Gasteiger partial charge in [0.1, 0.15) is 5.41 Å². The molecule has 2 heterocycles. The van der Waals surface area contributed by atoms with Crippen molar-refractivity contribution < 1.29 is 9.59 Å². The number of guanidine groups is 1. The molecule has 2 aliphatic rings. The number of nitrogens with zero attached hydrogens (tertiary/aromatic N) is 2. The number of aliphatic imine (C=N–C) groups is 1. The third-order valence-corrected chi connectivity index (χ3v) is 3.58. The fourth-order valence-corrected chi connectivity index (χ4v) is 2.36. The van der Waals surface area contributed by atoms with E-state index < -0.39 is 5.41 Å². The number of carbonyl (C=O) groups excluding carboxylic acids is 2. The van der Waals surface area contributed by atoms with Gasteiger partial charge in [-0.3, -0.25) is 24.8 Å². The van der Waals surface area contributed by atoms with Crippen molar-refractivity contribution in [1.29, 1.82) is 0 Å². The van der Waals surface area contributed by atoms with Crippen molar-refractivity contribution in [3.8, 4) is 0 Å². The summed E-state index contributed by atoms with van der Waals surface area (Å²) in [6.07, 6.45) is 1.95. The molecule has 0 aromatic heterocycles. The molecule has 16 heavy (non-hydrogen) atoms. The van der Waals surface area contributed by atoms with Gasteiger partial charge >= 0.3 is 0 Å². The van der Waals surface area contributed by atoms with Crippen molar-refractivity contribution in [2.75, 3.05) is 13.1 Å². The van der Waals surface area contributed by atoms with Crippen molar-refractivity contribution in [2.45, 2.75) is 33.1 Å². The molecular weight excluding hydrogens is 206 g/mol. The van der Waals surface area contributed by atoms with E-state index in [-0.39, 0.29) is 11.8 Å². The molecule has 0 aromatic carbocycles. The first kappa shape index (κ1) is 11.1. The van der Waals surface area contributed by atoms with E-state index in [9.17, 15) is 9.59 Å². The van der Waals surface area contributed by atoms with Gasteiger partial charge in [-0.2, -0.15) is 0 Å². The highest BCUT2D eigenvalue weighted by molar-refractivity contribution is 6.20. The topological polar surface area (TPSA) is 61.8 Å². The lowest BCUT2D eigenvalue weighted by Gasteiger charge is -2.41. The van der Waals surface area contributed by atoms with E-state index >= 15 is 0 Å². The van der Waals surface area contributed by atoms with Gasteiger partial charge in [-0.05, 0) is 19.3 Å². The van der Waals surface area contributed by atoms with Crippen molar-refractivity contribution >= 4 is 17.8 Å². The van der Waals surface area contributed by atoms with Crippen LogP contribution in [-0.4, -0.2) is 35.8 Å². The summed E-state index contributed by atoms with van der Waals surface area (Å²) in [5.74, 6) is 0.165. The quantitative estimate of drug-likeness (QED) is 0.693. The van der Waals surface area contributed by atoms with Crippen LogP contribution in [0, 0.1) is 5.41 Å². The van der Waals surface area contributed by atoms with Gasteiger partial charge in [0.15, 0.2) is 0 Å². The highest BCUT2D eigenvalue weighted by Gasteiger charge is 2.50. The zero-order chi connectivity index (χ0) is 11.8. The van der Waals surface area contributed by atoms with E-state index in [1.807, 2.05) is 13.8 Å². The van der Waals surface area contributed by atoms with Crippen LogP contribution >= 0.6 is 0 Å². The minimum Gasteiger partial charge on any atom is -0.295 e. The standard InChI is InChI=1S/C11H17N3O2/c1-3-11(4-2)8(15)13-10-12-6-5-7-14(10)9(11)16/h3-7H2,1-2H3,(H,12,13,15). The Morgan fingerprint density at radius 3 is 2.69 bits per heavy atom. The molecule has 5 heteroatoms. The summed E-state index contributed by atoms with van der Waals surface area (Å²) in [5, 5.41) is 2.76. The van der Waals surface area contributed by atoms with Crippen LogP contribution in [0.15, 0.2) is 4.99 Å². The minimum atomic E-state index is -0.879. The summed E-state index contributed by atoms with van der Waals surface area (Å²) < 4.78 is 0. The highest BCUT2D eigenvalue weighted by atomic mass is 16.2. The molecule has 1 N–H and O–H groups in total.